The van der Waals surface area contributed by atoms with Gasteiger partial charge in [-0.1, -0.05) is 6.92 Å². The number of benzene rings is 1. The molecule has 2 atom stereocenters. The van der Waals surface area contributed by atoms with Crippen LogP contribution in [0.15, 0.2) is 24.3 Å². The van der Waals surface area contributed by atoms with Crippen LogP contribution in [0.25, 0.3) is 0 Å². The smallest absolute Gasteiger partial charge is 0.119 e. The lowest BCUT2D eigenvalue weighted by molar-refractivity contribution is 0.242. The maximum absolute atomic E-state index is 5.63. The number of hydrogen-bond acceptors (Lipinski definition) is 3. The van der Waals surface area contributed by atoms with Gasteiger partial charge in [0.2, 0.25) is 0 Å². The monoisotopic (exact) mass is 251 g/mol. The van der Waals surface area contributed by atoms with Crippen molar-refractivity contribution in [3.63, 3.8) is 0 Å². The molecule has 17 heavy (non-hydrogen) atoms. The average molecular weight is 251 g/mol. The number of hydrogen-bond donors (Lipinski definition) is 1. The Hall–Kier alpha value is -0.830. The molecule has 0 radical (unpaired) electrons. The first-order chi connectivity index (χ1) is 8.15. The van der Waals surface area contributed by atoms with E-state index in [4.69, 9.17) is 4.74 Å². The maximum atomic E-state index is 5.63. The van der Waals surface area contributed by atoms with Gasteiger partial charge >= 0.3 is 0 Å². The van der Waals surface area contributed by atoms with Crippen molar-refractivity contribution < 1.29 is 4.74 Å². The van der Waals surface area contributed by atoms with Crippen LogP contribution in [0.2, 0.25) is 0 Å². The standard InChI is InChI=1S/C14H21NOS/c1-10(2)16-13-6-4-12(5-7-13)15-14-8-9-17-11(14)3/h4-7,10-11,14-15H,8-9H2,1-3H3. The highest BCUT2D eigenvalue weighted by molar-refractivity contribution is 8.00. The molecule has 0 aromatic heterocycles. The Morgan fingerprint density at radius 2 is 2.00 bits per heavy atom. The minimum absolute atomic E-state index is 0.236. The topological polar surface area (TPSA) is 21.3 Å². The van der Waals surface area contributed by atoms with E-state index >= 15 is 0 Å². The van der Waals surface area contributed by atoms with Gasteiger partial charge in [0, 0.05) is 17.0 Å². The zero-order valence-corrected chi connectivity index (χ0v) is 11.6. The Morgan fingerprint density at radius 3 is 2.53 bits per heavy atom. The van der Waals surface area contributed by atoms with Crippen LogP contribution >= 0.6 is 11.8 Å². The van der Waals surface area contributed by atoms with Gasteiger partial charge in [0.1, 0.15) is 5.75 Å². The highest BCUT2D eigenvalue weighted by atomic mass is 32.2. The summed E-state index contributed by atoms with van der Waals surface area (Å²) in [6.07, 6.45) is 1.50. The second kappa shape index (κ2) is 5.67. The lowest BCUT2D eigenvalue weighted by Gasteiger charge is -2.18. The van der Waals surface area contributed by atoms with E-state index in [0.29, 0.717) is 11.3 Å². The molecule has 0 bridgehead atoms. The van der Waals surface area contributed by atoms with Crippen LogP contribution in [-0.4, -0.2) is 23.1 Å². The van der Waals surface area contributed by atoms with Crippen molar-refractivity contribution in [3.05, 3.63) is 24.3 Å². The van der Waals surface area contributed by atoms with E-state index in [1.54, 1.807) is 0 Å². The van der Waals surface area contributed by atoms with Crippen molar-refractivity contribution in [1.29, 1.82) is 0 Å². The Bertz CT molecular complexity index is 350. The van der Waals surface area contributed by atoms with E-state index in [9.17, 15) is 0 Å². The number of thioether (sulfide) groups is 1. The summed E-state index contributed by atoms with van der Waals surface area (Å²) in [7, 11) is 0. The van der Waals surface area contributed by atoms with Crippen LogP contribution in [-0.2, 0) is 0 Å². The number of ether oxygens (including phenoxy) is 1. The van der Waals surface area contributed by atoms with Crippen LogP contribution in [0.3, 0.4) is 0 Å². The zero-order chi connectivity index (χ0) is 12.3. The van der Waals surface area contributed by atoms with Gasteiger partial charge in [0.15, 0.2) is 0 Å². The SMILES string of the molecule is CC(C)Oc1ccc(NC2CCSC2C)cc1. The summed E-state index contributed by atoms with van der Waals surface area (Å²) < 4.78 is 5.63. The molecule has 1 aromatic carbocycles. The number of nitrogens with one attached hydrogen (secondary N) is 1. The molecule has 0 spiro atoms. The normalized spacial score (nSPS) is 24.0. The highest BCUT2D eigenvalue weighted by Crippen LogP contribution is 2.29. The maximum Gasteiger partial charge on any atom is 0.119 e. The molecule has 1 heterocycles. The van der Waals surface area contributed by atoms with Crippen molar-refractivity contribution >= 4 is 17.4 Å². The summed E-state index contributed by atoms with van der Waals surface area (Å²) in [6, 6.07) is 8.89. The molecule has 2 nitrogen and oxygen atoms in total. The summed E-state index contributed by atoms with van der Waals surface area (Å²) in [5.41, 5.74) is 1.19. The van der Waals surface area contributed by atoms with E-state index in [1.807, 2.05) is 37.7 Å². The molecular weight excluding hydrogens is 230 g/mol. The van der Waals surface area contributed by atoms with Gasteiger partial charge in [-0.05, 0) is 50.3 Å². The Morgan fingerprint density at radius 1 is 1.29 bits per heavy atom. The molecule has 3 heteroatoms. The lowest BCUT2D eigenvalue weighted by atomic mass is 10.1. The molecule has 1 N–H and O–H groups in total. The van der Waals surface area contributed by atoms with Crippen molar-refractivity contribution in [2.75, 3.05) is 11.1 Å². The zero-order valence-electron chi connectivity index (χ0n) is 10.8. The van der Waals surface area contributed by atoms with Crippen LogP contribution in [0.4, 0.5) is 5.69 Å². The summed E-state index contributed by atoms with van der Waals surface area (Å²) in [5, 5.41) is 4.30. The Kier molecular flexibility index (Phi) is 4.21. The molecule has 2 rings (SSSR count). The van der Waals surface area contributed by atoms with E-state index in [2.05, 4.69) is 24.4 Å². The molecule has 1 saturated heterocycles. The van der Waals surface area contributed by atoms with Gasteiger partial charge in [-0.15, -0.1) is 0 Å². The van der Waals surface area contributed by atoms with E-state index in [1.165, 1.54) is 17.9 Å². The third kappa shape index (κ3) is 3.56. The fraction of sp³-hybridized carbons (Fsp3) is 0.571. The molecule has 0 amide bonds. The van der Waals surface area contributed by atoms with E-state index in [-0.39, 0.29) is 6.10 Å². The largest absolute Gasteiger partial charge is 0.491 e. The molecule has 2 unspecified atom stereocenters. The first-order valence-corrected chi connectivity index (χ1v) is 7.35. The van der Waals surface area contributed by atoms with Crippen molar-refractivity contribution in [2.24, 2.45) is 0 Å². The third-order valence-electron chi connectivity index (χ3n) is 2.95. The number of rotatable bonds is 4. The second-order valence-electron chi connectivity index (χ2n) is 4.81. The van der Waals surface area contributed by atoms with Gasteiger partial charge in [-0.2, -0.15) is 11.8 Å². The number of anilines is 1. The van der Waals surface area contributed by atoms with Crippen LogP contribution in [0.1, 0.15) is 27.2 Å². The van der Waals surface area contributed by atoms with Crippen LogP contribution in [0.5, 0.6) is 5.75 Å². The molecule has 0 aliphatic carbocycles. The van der Waals surface area contributed by atoms with Gasteiger partial charge in [-0.25, -0.2) is 0 Å². The molecule has 94 valence electrons. The van der Waals surface area contributed by atoms with Crippen molar-refractivity contribution in [2.45, 2.75) is 44.6 Å². The summed E-state index contributed by atoms with van der Waals surface area (Å²) in [6.45, 7) is 6.39. The van der Waals surface area contributed by atoms with Crippen molar-refractivity contribution in [3.8, 4) is 5.75 Å². The highest BCUT2D eigenvalue weighted by Gasteiger charge is 2.23. The van der Waals surface area contributed by atoms with Gasteiger partial charge in [0.25, 0.3) is 0 Å². The Labute approximate surface area is 108 Å². The molecule has 1 fully saturated rings. The second-order valence-corrected chi connectivity index (χ2v) is 6.29. The molecule has 1 aromatic rings. The Balaban J connectivity index is 1.93. The third-order valence-corrected chi connectivity index (χ3v) is 4.28. The first kappa shape index (κ1) is 12.6. The molecule has 1 aliphatic rings. The predicted octanol–water partition coefficient (Wildman–Crippen LogP) is 3.78. The van der Waals surface area contributed by atoms with Crippen LogP contribution in [0, 0.1) is 0 Å². The molecule has 1 aliphatic heterocycles. The average Bonchev–Trinajstić information content (AvgIpc) is 2.67. The fourth-order valence-corrected chi connectivity index (χ4v) is 3.24. The van der Waals surface area contributed by atoms with Gasteiger partial charge in [0.05, 0.1) is 6.10 Å². The predicted molar refractivity (Wildman–Crippen MR) is 76.2 cm³/mol. The lowest BCUT2D eigenvalue weighted by Crippen LogP contribution is -2.24. The quantitative estimate of drug-likeness (QED) is 0.880. The van der Waals surface area contributed by atoms with E-state index in [0.717, 1.165) is 5.75 Å². The van der Waals surface area contributed by atoms with Gasteiger partial charge < -0.3 is 10.1 Å². The van der Waals surface area contributed by atoms with Crippen molar-refractivity contribution in [1.82, 2.24) is 0 Å². The summed E-state index contributed by atoms with van der Waals surface area (Å²) in [5.74, 6) is 2.22. The van der Waals surface area contributed by atoms with Gasteiger partial charge in [-0.3, -0.25) is 0 Å². The van der Waals surface area contributed by atoms with Crippen LogP contribution < -0.4 is 10.1 Å². The molecule has 0 saturated carbocycles. The van der Waals surface area contributed by atoms with E-state index < -0.39 is 0 Å². The first-order valence-electron chi connectivity index (χ1n) is 6.30. The minimum Gasteiger partial charge on any atom is -0.491 e. The molecular formula is C14H21NOS. The fourth-order valence-electron chi connectivity index (χ4n) is 2.04. The minimum atomic E-state index is 0.236. The summed E-state index contributed by atoms with van der Waals surface area (Å²) in [4.78, 5) is 0. The summed E-state index contributed by atoms with van der Waals surface area (Å²) >= 11 is 2.05.